The van der Waals surface area contributed by atoms with Gasteiger partial charge in [-0.1, -0.05) is 16.5 Å². The Hall–Kier alpha value is -3.02. The van der Waals surface area contributed by atoms with Crippen molar-refractivity contribution in [3.8, 4) is 11.3 Å². The first kappa shape index (κ1) is 20.6. The normalized spacial score (nSPS) is 23.9. The summed E-state index contributed by atoms with van der Waals surface area (Å²) in [5.41, 5.74) is 1.74. The molecular weight excluding hydrogens is 449 g/mol. The van der Waals surface area contributed by atoms with Gasteiger partial charge in [-0.3, -0.25) is 5.32 Å². The van der Waals surface area contributed by atoms with Crippen molar-refractivity contribution >= 4 is 28.3 Å². The molecule has 3 atom stereocenters. The Bertz CT molecular complexity index is 1160. The van der Waals surface area contributed by atoms with Crippen molar-refractivity contribution in [3.63, 3.8) is 0 Å². The maximum absolute atomic E-state index is 13.3. The molecule has 5 heterocycles. The van der Waals surface area contributed by atoms with Crippen molar-refractivity contribution in [2.45, 2.75) is 31.0 Å². The topological polar surface area (TPSA) is 102 Å². The van der Waals surface area contributed by atoms with Crippen molar-refractivity contribution < 1.29 is 23.2 Å². The number of rotatable bonds is 4. The predicted molar refractivity (Wildman–Crippen MR) is 119 cm³/mol. The lowest BCUT2D eigenvalue weighted by molar-refractivity contribution is 0.0601. The summed E-state index contributed by atoms with van der Waals surface area (Å²) in [6.07, 6.45) is 1.50. The van der Waals surface area contributed by atoms with E-state index in [0.29, 0.717) is 49.6 Å². The number of fused-ring (bicyclic) bond motifs is 4. The van der Waals surface area contributed by atoms with Crippen LogP contribution in [-0.4, -0.2) is 54.7 Å². The highest BCUT2D eigenvalue weighted by Gasteiger charge is 2.42. The molecule has 1 aromatic carbocycles. The van der Waals surface area contributed by atoms with E-state index in [1.165, 1.54) is 23.5 Å². The van der Waals surface area contributed by atoms with Gasteiger partial charge in [0, 0.05) is 24.7 Å². The first-order chi connectivity index (χ1) is 16.1. The van der Waals surface area contributed by atoms with Crippen molar-refractivity contribution in [2.24, 2.45) is 0 Å². The summed E-state index contributed by atoms with van der Waals surface area (Å²) < 4.78 is 30.0. The van der Waals surface area contributed by atoms with E-state index in [1.807, 2.05) is 6.07 Å². The molecule has 3 aliphatic rings. The van der Waals surface area contributed by atoms with Crippen molar-refractivity contribution in [1.82, 2.24) is 15.5 Å². The van der Waals surface area contributed by atoms with Crippen LogP contribution in [0, 0.1) is 5.82 Å². The van der Waals surface area contributed by atoms with Crippen LogP contribution in [0.4, 0.5) is 20.1 Å². The van der Waals surface area contributed by atoms with Crippen LogP contribution in [0.5, 0.6) is 0 Å². The Balaban J connectivity index is 1.23. The van der Waals surface area contributed by atoms with Gasteiger partial charge >= 0.3 is 6.03 Å². The molecular formula is C22H22FN5O4S. The third-order valence-electron chi connectivity index (χ3n) is 6.15. The maximum Gasteiger partial charge on any atom is 0.321 e. The number of thiazole rings is 1. The van der Waals surface area contributed by atoms with Gasteiger partial charge in [0.15, 0.2) is 16.7 Å². The number of carbonyl (C=O) groups is 1. The summed E-state index contributed by atoms with van der Waals surface area (Å²) >= 11 is 1.46. The van der Waals surface area contributed by atoms with Crippen molar-refractivity contribution in [2.75, 3.05) is 36.6 Å². The second-order valence-electron chi connectivity index (χ2n) is 8.36. The molecule has 172 valence electrons. The van der Waals surface area contributed by atoms with Crippen LogP contribution in [0.25, 0.3) is 11.3 Å². The molecule has 0 spiro atoms. The number of urea groups is 1. The highest BCUT2D eigenvalue weighted by Crippen LogP contribution is 2.43. The van der Waals surface area contributed by atoms with E-state index >= 15 is 0 Å². The molecule has 2 fully saturated rings. The SMILES string of the molecule is O=C(Nc1nc2c(s1)[C@@H]1COC[C@H](C2)N1c1cc(-c2ccc(F)cc2)on1)N[C@@H]1CCOC1. The summed E-state index contributed by atoms with van der Waals surface area (Å²) in [4.78, 5) is 20.3. The van der Waals surface area contributed by atoms with Gasteiger partial charge in [-0.05, 0) is 30.7 Å². The summed E-state index contributed by atoms with van der Waals surface area (Å²) in [6, 6.07) is 7.76. The molecule has 2 aromatic heterocycles. The lowest BCUT2D eigenvalue weighted by atomic mass is 9.96. The van der Waals surface area contributed by atoms with Crippen LogP contribution < -0.4 is 15.5 Å². The maximum atomic E-state index is 13.3. The molecule has 11 heteroatoms. The van der Waals surface area contributed by atoms with Crippen LogP contribution in [0.15, 0.2) is 34.9 Å². The minimum absolute atomic E-state index is 0.0326. The smallest absolute Gasteiger partial charge is 0.321 e. The number of morpholine rings is 1. The largest absolute Gasteiger partial charge is 0.379 e. The number of nitrogens with zero attached hydrogens (tertiary/aromatic N) is 3. The lowest BCUT2D eigenvalue weighted by Gasteiger charge is -2.44. The number of aromatic nitrogens is 2. The minimum Gasteiger partial charge on any atom is -0.379 e. The molecule has 2 bridgehead atoms. The lowest BCUT2D eigenvalue weighted by Crippen LogP contribution is -2.51. The van der Waals surface area contributed by atoms with Crippen molar-refractivity contribution in [3.05, 3.63) is 46.7 Å². The molecule has 0 aliphatic carbocycles. The molecule has 2 amide bonds. The second kappa shape index (κ2) is 8.40. The number of carbonyl (C=O) groups excluding carboxylic acids is 1. The third-order valence-corrected chi connectivity index (χ3v) is 7.26. The molecule has 2 N–H and O–H groups in total. The van der Waals surface area contributed by atoms with E-state index in [9.17, 15) is 9.18 Å². The number of halogens is 1. The third kappa shape index (κ3) is 3.96. The van der Waals surface area contributed by atoms with Gasteiger partial charge in [-0.15, -0.1) is 0 Å². The number of amides is 2. The predicted octanol–water partition coefficient (Wildman–Crippen LogP) is 3.35. The summed E-state index contributed by atoms with van der Waals surface area (Å²) in [5.74, 6) is 0.989. The summed E-state index contributed by atoms with van der Waals surface area (Å²) in [7, 11) is 0. The van der Waals surface area contributed by atoms with Gasteiger partial charge in [0.25, 0.3) is 0 Å². The van der Waals surface area contributed by atoms with Crippen molar-refractivity contribution in [1.29, 1.82) is 0 Å². The van der Waals surface area contributed by atoms with Gasteiger partial charge in [0.05, 0.1) is 48.5 Å². The number of ether oxygens (including phenoxy) is 2. The second-order valence-corrected chi connectivity index (χ2v) is 9.39. The summed E-state index contributed by atoms with van der Waals surface area (Å²) in [5, 5.41) is 10.7. The standard InChI is InChI=1S/C22H22FN5O4S/c23-13-3-1-12(2-4-13)18-8-19(27-32-18)28-15-7-16-20(17(28)11-31-10-15)33-22(25-16)26-21(29)24-14-5-6-30-9-14/h1-4,8,14-15,17H,5-7,9-11H2,(H2,24,25,26,29)/t14-,15+,17+/m1/s1. The fourth-order valence-electron chi connectivity index (χ4n) is 4.59. The first-order valence-electron chi connectivity index (χ1n) is 10.9. The zero-order chi connectivity index (χ0) is 22.4. The van der Waals surface area contributed by atoms with Gasteiger partial charge in [0.2, 0.25) is 0 Å². The Labute approximate surface area is 192 Å². The molecule has 0 saturated carbocycles. The number of hydrogen-bond donors (Lipinski definition) is 2. The van der Waals surface area contributed by atoms with E-state index < -0.39 is 0 Å². The van der Waals surface area contributed by atoms with E-state index in [1.54, 1.807) is 12.1 Å². The van der Waals surface area contributed by atoms with Crippen LogP contribution in [0.3, 0.4) is 0 Å². The quantitative estimate of drug-likeness (QED) is 0.602. The van der Waals surface area contributed by atoms with E-state index in [2.05, 4.69) is 20.7 Å². The zero-order valence-corrected chi connectivity index (χ0v) is 18.4. The molecule has 3 aromatic rings. The Morgan fingerprint density at radius 3 is 2.88 bits per heavy atom. The number of nitrogens with one attached hydrogen (secondary N) is 2. The van der Waals surface area contributed by atoms with Crippen LogP contribution in [0.2, 0.25) is 0 Å². The number of anilines is 2. The molecule has 0 unspecified atom stereocenters. The highest BCUT2D eigenvalue weighted by molar-refractivity contribution is 7.16. The number of hydrogen-bond acceptors (Lipinski definition) is 8. The average molecular weight is 472 g/mol. The van der Waals surface area contributed by atoms with E-state index in [0.717, 1.165) is 22.6 Å². The minimum atomic E-state index is -0.298. The Morgan fingerprint density at radius 1 is 1.18 bits per heavy atom. The van der Waals surface area contributed by atoms with Crippen LogP contribution in [-0.2, 0) is 15.9 Å². The summed E-state index contributed by atoms with van der Waals surface area (Å²) in [6.45, 7) is 2.25. The Kier molecular flexibility index (Phi) is 5.24. The molecule has 6 rings (SSSR count). The van der Waals surface area contributed by atoms with Gasteiger partial charge in [-0.25, -0.2) is 14.2 Å². The zero-order valence-electron chi connectivity index (χ0n) is 17.6. The average Bonchev–Trinajstić information content (AvgIpc) is 3.55. The fraction of sp³-hybridized carbons (Fsp3) is 0.409. The fourth-order valence-corrected chi connectivity index (χ4v) is 5.66. The molecule has 9 nitrogen and oxygen atoms in total. The molecule has 3 aliphatic heterocycles. The number of benzene rings is 1. The Morgan fingerprint density at radius 2 is 2.06 bits per heavy atom. The molecule has 0 radical (unpaired) electrons. The van der Waals surface area contributed by atoms with Crippen LogP contribution >= 0.6 is 11.3 Å². The highest BCUT2D eigenvalue weighted by atomic mass is 32.1. The van der Waals surface area contributed by atoms with Crippen LogP contribution in [0.1, 0.15) is 23.0 Å². The monoisotopic (exact) mass is 471 g/mol. The van der Waals surface area contributed by atoms with E-state index in [-0.39, 0.29) is 30.0 Å². The van der Waals surface area contributed by atoms with Gasteiger partial charge in [0.1, 0.15) is 5.82 Å². The molecule has 2 saturated heterocycles. The van der Waals surface area contributed by atoms with E-state index in [4.69, 9.17) is 19.0 Å². The first-order valence-corrected chi connectivity index (χ1v) is 11.7. The van der Waals surface area contributed by atoms with Gasteiger partial charge < -0.3 is 24.2 Å². The van der Waals surface area contributed by atoms with Gasteiger partial charge in [-0.2, -0.15) is 0 Å². The molecule has 33 heavy (non-hydrogen) atoms.